The highest BCUT2D eigenvalue weighted by Crippen LogP contribution is 2.33. The minimum Gasteiger partial charge on any atom is -0.456 e. The van der Waals surface area contributed by atoms with E-state index < -0.39 is 0 Å². The molecule has 0 saturated heterocycles. The van der Waals surface area contributed by atoms with Gasteiger partial charge in [0.25, 0.3) is 0 Å². The van der Waals surface area contributed by atoms with Gasteiger partial charge in [-0.05, 0) is 71.1 Å². The Hall–Kier alpha value is -1.48. The molecule has 2 rings (SSSR count). The average molecular weight is 334 g/mol. The Kier molecular flexibility index (Phi) is 5.07. The third kappa shape index (κ3) is 3.76. The molecule has 0 radical (unpaired) electrons. The van der Waals surface area contributed by atoms with E-state index in [0.29, 0.717) is 0 Å². The van der Waals surface area contributed by atoms with Crippen molar-refractivity contribution in [3.63, 3.8) is 0 Å². The van der Waals surface area contributed by atoms with Crippen LogP contribution in [0.25, 0.3) is 0 Å². The van der Waals surface area contributed by atoms with Crippen LogP contribution in [0.5, 0.6) is 11.5 Å². The second kappa shape index (κ2) is 6.80. The van der Waals surface area contributed by atoms with Gasteiger partial charge in [0.2, 0.25) is 0 Å². The van der Waals surface area contributed by atoms with Crippen molar-refractivity contribution >= 4 is 21.6 Å². The molecule has 2 N–H and O–H groups in total. The molecule has 3 heteroatoms. The van der Waals surface area contributed by atoms with Crippen molar-refractivity contribution in [1.29, 1.82) is 0 Å². The fraction of sp³-hybridized carbons (Fsp3) is 0.294. The summed E-state index contributed by atoms with van der Waals surface area (Å²) >= 11 is 3.48. The van der Waals surface area contributed by atoms with Gasteiger partial charge >= 0.3 is 0 Å². The fourth-order valence-corrected chi connectivity index (χ4v) is 2.42. The summed E-state index contributed by atoms with van der Waals surface area (Å²) in [7, 11) is 0. The zero-order valence-electron chi connectivity index (χ0n) is 11.9. The maximum absolute atomic E-state index is 5.90. The lowest BCUT2D eigenvalue weighted by Gasteiger charge is -2.11. The van der Waals surface area contributed by atoms with Gasteiger partial charge in [-0.1, -0.05) is 25.5 Å². The van der Waals surface area contributed by atoms with E-state index in [-0.39, 0.29) is 0 Å². The average Bonchev–Trinajstić information content (AvgIpc) is 2.44. The summed E-state index contributed by atoms with van der Waals surface area (Å²) < 4.78 is 6.77. The summed E-state index contributed by atoms with van der Waals surface area (Å²) in [5.41, 5.74) is 9.00. The zero-order valence-corrected chi connectivity index (χ0v) is 13.5. The lowest BCUT2D eigenvalue weighted by molar-refractivity contribution is 0.479. The van der Waals surface area contributed by atoms with E-state index in [9.17, 15) is 0 Å². The molecule has 0 aliphatic heterocycles. The van der Waals surface area contributed by atoms with Gasteiger partial charge in [-0.2, -0.15) is 0 Å². The SMILES string of the molecule is CCCCc1ccc(Oc2cc(C)c(N)cc2Br)cc1. The van der Waals surface area contributed by atoms with E-state index >= 15 is 0 Å². The molecule has 2 nitrogen and oxygen atoms in total. The number of hydrogen-bond acceptors (Lipinski definition) is 2. The van der Waals surface area contributed by atoms with Crippen molar-refractivity contribution in [2.24, 2.45) is 0 Å². The quantitative estimate of drug-likeness (QED) is 0.736. The van der Waals surface area contributed by atoms with E-state index in [4.69, 9.17) is 10.5 Å². The molecule has 0 aromatic heterocycles. The topological polar surface area (TPSA) is 35.2 Å². The van der Waals surface area contributed by atoms with Gasteiger partial charge < -0.3 is 10.5 Å². The minimum atomic E-state index is 0.763. The molecule has 2 aromatic rings. The standard InChI is InChI=1S/C17H20BrNO/c1-3-4-5-13-6-8-14(9-7-13)20-17-10-12(2)16(19)11-15(17)18/h6-11H,3-5,19H2,1-2H3. The highest BCUT2D eigenvalue weighted by Gasteiger charge is 2.06. The van der Waals surface area contributed by atoms with Crippen molar-refractivity contribution < 1.29 is 4.74 Å². The number of ether oxygens (including phenoxy) is 1. The van der Waals surface area contributed by atoms with Crippen LogP contribution in [0.15, 0.2) is 40.9 Å². The number of unbranched alkanes of at least 4 members (excludes halogenated alkanes) is 1. The summed E-state index contributed by atoms with van der Waals surface area (Å²) in [5.74, 6) is 1.63. The van der Waals surface area contributed by atoms with Crippen LogP contribution < -0.4 is 10.5 Å². The smallest absolute Gasteiger partial charge is 0.142 e. The second-order valence-corrected chi connectivity index (χ2v) is 5.84. The van der Waals surface area contributed by atoms with Crippen molar-refractivity contribution in [3.05, 3.63) is 52.0 Å². The Morgan fingerprint density at radius 1 is 1.15 bits per heavy atom. The van der Waals surface area contributed by atoms with E-state index in [1.807, 2.05) is 31.2 Å². The van der Waals surface area contributed by atoms with Gasteiger partial charge in [0.1, 0.15) is 11.5 Å². The molecule has 20 heavy (non-hydrogen) atoms. The first-order valence-electron chi connectivity index (χ1n) is 6.92. The Morgan fingerprint density at radius 3 is 2.50 bits per heavy atom. The van der Waals surface area contributed by atoms with Crippen LogP contribution in [0.1, 0.15) is 30.9 Å². The van der Waals surface area contributed by atoms with E-state index in [0.717, 1.165) is 33.6 Å². The highest BCUT2D eigenvalue weighted by molar-refractivity contribution is 9.10. The minimum absolute atomic E-state index is 0.763. The Labute approximate surface area is 129 Å². The molecule has 0 fully saturated rings. The summed E-state index contributed by atoms with van der Waals surface area (Å²) in [6.07, 6.45) is 3.57. The number of benzene rings is 2. The normalized spacial score (nSPS) is 10.6. The zero-order chi connectivity index (χ0) is 14.5. The molecule has 0 aliphatic rings. The van der Waals surface area contributed by atoms with Gasteiger partial charge in [0, 0.05) is 5.69 Å². The van der Waals surface area contributed by atoms with Crippen molar-refractivity contribution in [2.45, 2.75) is 33.1 Å². The second-order valence-electron chi connectivity index (χ2n) is 4.99. The van der Waals surface area contributed by atoms with Crippen molar-refractivity contribution in [1.82, 2.24) is 0 Å². The molecule has 106 valence electrons. The van der Waals surface area contributed by atoms with Crippen LogP contribution in [0.2, 0.25) is 0 Å². The molecule has 2 aromatic carbocycles. The largest absolute Gasteiger partial charge is 0.456 e. The number of nitrogens with two attached hydrogens (primary N) is 1. The summed E-state index contributed by atoms with van der Waals surface area (Å²) in [6.45, 7) is 4.18. The van der Waals surface area contributed by atoms with Crippen LogP contribution in [-0.4, -0.2) is 0 Å². The maximum atomic E-state index is 5.90. The van der Waals surface area contributed by atoms with Crippen molar-refractivity contribution in [3.8, 4) is 11.5 Å². The number of halogens is 1. The number of aryl methyl sites for hydroxylation is 2. The number of anilines is 1. The lowest BCUT2D eigenvalue weighted by atomic mass is 10.1. The summed E-state index contributed by atoms with van der Waals surface area (Å²) in [6, 6.07) is 12.1. The van der Waals surface area contributed by atoms with E-state index in [2.05, 4.69) is 35.0 Å². The molecule has 0 aliphatic carbocycles. The van der Waals surface area contributed by atoms with Crippen LogP contribution >= 0.6 is 15.9 Å². The van der Waals surface area contributed by atoms with Crippen molar-refractivity contribution in [2.75, 3.05) is 5.73 Å². The lowest BCUT2D eigenvalue weighted by Crippen LogP contribution is -1.93. The number of hydrogen-bond donors (Lipinski definition) is 1. The van der Waals surface area contributed by atoms with Crippen LogP contribution in [0.4, 0.5) is 5.69 Å². The summed E-state index contributed by atoms with van der Waals surface area (Å²) in [4.78, 5) is 0. The molecule has 0 spiro atoms. The molecule has 0 unspecified atom stereocenters. The van der Waals surface area contributed by atoms with Crippen LogP contribution in [0.3, 0.4) is 0 Å². The van der Waals surface area contributed by atoms with E-state index in [1.54, 1.807) is 0 Å². The van der Waals surface area contributed by atoms with Gasteiger partial charge in [-0.3, -0.25) is 0 Å². The van der Waals surface area contributed by atoms with Gasteiger partial charge in [-0.25, -0.2) is 0 Å². The first-order chi connectivity index (χ1) is 9.60. The Balaban J connectivity index is 2.12. The predicted octanol–water partition coefficient (Wildman–Crippen LogP) is 5.47. The third-order valence-corrected chi connectivity index (χ3v) is 3.91. The molecule has 0 atom stereocenters. The predicted molar refractivity (Wildman–Crippen MR) is 88.4 cm³/mol. The number of rotatable bonds is 5. The summed E-state index contributed by atoms with van der Waals surface area (Å²) in [5, 5.41) is 0. The van der Waals surface area contributed by atoms with Gasteiger partial charge in [-0.15, -0.1) is 0 Å². The molecule has 0 saturated carbocycles. The van der Waals surface area contributed by atoms with Gasteiger partial charge in [0.15, 0.2) is 0 Å². The Bertz CT molecular complexity index is 578. The molecular weight excluding hydrogens is 314 g/mol. The third-order valence-electron chi connectivity index (χ3n) is 3.29. The van der Waals surface area contributed by atoms with Crippen LogP contribution in [0, 0.1) is 6.92 Å². The first-order valence-corrected chi connectivity index (χ1v) is 7.72. The monoisotopic (exact) mass is 333 g/mol. The number of nitrogen functional groups attached to an aromatic ring is 1. The molecular formula is C17H20BrNO. The molecule has 0 amide bonds. The fourth-order valence-electron chi connectivity index (χ4n) is 1.98. The highest BCUT2D eigenvalue weighted by atomic mass is 79.9. The van der Waals surface area contributed by atoms with E-state index in [1.165, 1.54) is 18.4 Å². The Morgan fingerprint density at radius 2 is 1.85 bits per heavy atom. The van der Waals surface area contributed by atoms with Crippen LogP contribution in [-0.2, 0) is 6.42 Å². The molecule has 0 bridgehead atoms. The molecule has 0 heterocycles. The first kappa shape index (κ1) is 14.9. The maximum Gasteiger partial charge on any atom is 0.142 e. The van der Waals surface area contributed by atoms with Gasteiger partial charge in [0.05, 0.1) is 4.47 Å².